The maximum atomic E-state index is 11.2. The number of phenols is 1. The first-order valence-electron chi connectivity index (χ1n) is 5.73. The SMILES string of the molecule is CC(C)n1cc(-c2ccc(O)cc2)cc1C(=O)O. The van der Waals surface area contributed by atoms with Gasteiger partial charge in [0.15, 0.2) is 0 Å². The Bertz CT molecular complexity index is 567. The van der Waals surface area contributed by atoms with Crippen LogP contribution in [-0.4, -0.2) is 20.7 Å². The second-order valence-electron chi connectivity index (χ2n) is 4.47. The molecule has 0 spiro atoms. The van der Waals surface area contributed by atoms with Crippen LogP contribution in [0.4, 0.5) is 0 Å². The molecule has 4 heteroatoms. The van der Waals surface area contributed by atoms with Gasteiger partial charge in [-0.25, -0.2) is 4.79 Å². The van der Waals surface area contributed by atoms with Crippen LogP contribution >= 0.6 is 0 Å². The number of aromatic nitrogens is 1. The van der Waals surface area contributed by atoms with Crippen molar-refractivity contribution in [2.24, 2.45) is 0 Å². The second kappa shape index (κ2) is 4.56. The zero-order valence-corrected chi connectivity index (χ0v) is 10.3. The van der Waals surface area contributed by atoms with Crippen LogP contribution in [0.15, 0.2) is 36.5 Å². The topological polar surface area (TPSA) is 62.5 Å². The van der Waals surface area contributed by atoms with E-state index in [4.69, 9.17) is 5.11 Å². The maximum Gasteiger partial charge on any atom is 0.352 e. The summed E-state index contributed by atoms with van der Waals surface area (Å²) in [5.41, 5.74) is 1.99. The summed E-state index contributed by atoms with van der Waals surface area (Å²) in [6.45, 7) is 3.88. The van der Waals surface area contributed by atoms with Gasteiger partial charge in [-0.3, -0.25) is 0 Å². The van der Waals surface area contributed by atoms with Gasteiger partial charge in [-0.15, -0.1) is 0 Å². The van der Waals surface area contributed by atoms with E-state index in [2.05, 4.69) is 0 Å². The standard InChI is InChI=1S/C14H15NO3/c1-9(2)15-8-11(7-13(15)14(17)18)10-3-5-12(16)6-4-10/h3-9,16H,1-2H3,(H,17,18). The lowest BCUT2D eigenvalue weighted by Gasteiger charge is -2.09. The maximum absolute atomic E-state index is 11.2. The second-order valence-corrected chi connectivity index (χ2v) is 4.47. The summed E-state index contributed by atoms with van der Waals surface area (Å²) in [6.07, 6.45) is 1.82. The van der Waals surface area contributed by atoms with Crippen LogP contribution in [0.3, 0.4) is 0 Å². The predicted molar refractivity (Wildman–Crippen MR) is 68.9 cm³/mol. The Kier molecular flexibility index (Phi) is 3.10. The molecule has 2 aromatic rings. The van der Waals surface area contributed by atoms with Crippen LogP contribution < -0.4 is 0 Å². The summed E-state index contributed by atoms with van der Waals surface area (Å²) in [7, 11) is 0. The molecule has 94 valence electrons. The van der Waals surface area contributed by atoms with E-state index < -0.39 is 5.97 Å². The fourth-order valence-corrected chi connectivity index (χ4v) is 1.89. The number of nitrogens with zero attached hydrogens (tertiary/aromatic N) is 1. The number of rotatable bonds is 3. The molecule has 0 bridgehead atoms. The highest BCUT2D eigenvalue weighted by atomic mass is 16.4. The number of carboxylic acid groups (broad SMARTS) is 1. The Labute approximate surface area is 105 Å². The molecule has 0 fully saturated rings. The Hall–Kier alpha value is -2.23. The van der Waals surface area contributed by atoms with Gasteiger partial charge < -0.3 is 14.8 Å². The Balaban J connectivity index is 2.49. The van der Waals surface area contributed by atoms with Crippen LogP contribution in [0.25, 0.3) is 11.1 Å². The molecular formula is C14H15NO3. The highest BCUT2D eigenvalue weighted by molar-refractivity contribution is 5.88. The number of aromatic hydroxyl groups is 1. The van der Waals surface area contributed by atoms with Crippen LogP contribution in [0.1, 0.15) is 30.4 Å². The van der Waals surface area contributed by atoms with Crippen LogP contribution in [0.5, 0.6) is 5.75 Å². The number of aromatic carboxylic acids is 1. The zero-order chi connectivity index (χ0) is 13.3. The number of carbonyl (C=O) groups is 1. The number of phenolic OH excluding ortho intramolecular Hbond substituents is 1. The van der Waals surface area contributed by atoms with Crippen molar-refractivity contribution in [3.05, 3.63) is 42.2 Å². The summed E-state index contributed by atoms with van der Waals surface area (Å²) in [5, 5.41) is 18.4. The number of benzene rings is 1. The number of hydrogen-bond acceptors (Lipinski definition) is 2. The fraction of sp³-hybridized carbons (Fsp3) is 0.214. The minimum Gasteiger partial charge on any atom is -0.508 e. The fourth-order valence-electron chi connectivity index (χ4n) is 1.89. The highest BCUT2D eigenvalue weighted by Gasteiger charge is 2.15. The third kappa shape index (κ3) is 2.22. The molecule has 0 aliphatic heterocycles. The third-order valence-electron chi connectivity index (χ3n) is 2.82. The van der Waals surface area contributed by atoms with Gasteiger partial charge >= 0.3 is 5.97 Å². The molecule has 1 heterocycles. The van der Waals surface area contributed by atoms with Gasteiger partial charge in [0, 0.05) is 17.8 Å². The summed E-state index contributed by atoms with van der Waals surface area (Å²) in [6, 6.07) is 8.43. The van der Waals surface area contributed by atoms with Gasteiger partial charge in [0.05, 0.1) is 0 Å². The first-order chi connectivity index (χ1) is 8.49. The molecule has 0 unspecified atom stereocenters. The molecule has 0 radical (unpaired) electrons. The van der Waals surface area contributed by atoms with Crippen molar-refractivity contribution < 1.29 is 15.0 Å². The molecule has 0 amide bonds. The van der Waals surface area contributed by atoms with E-state index in [1.165, 1.54) is 0 Å². The zero-order valence-electron chi connectivity index (χ0n) is 10.3. The van der Waals surface area contributed by atoms with E-state index in [1.807, 2.05) is 20.0 Å². The van der Waals surface area contributed by atoms with Gasteiger partial charge in [-0.1, -0.05) is 12.1 Å². The molecule has 0 aliphatic carbocycles. The minimum atomic E-state index is -0.936. The molecule has 18 heavy (non-hydrogen) atoms. The average Bonchev–Trinajstić information content (AvgIpc) is 2.75. The average molecular weight is 245 g/mol. The van der Waals surface area contributed by atoms with E-state index in [9.17, 15) is 9.90 Å². The van der Waals surface area contributed by atoms with Crippen molar-refractivity contribution in [1.82, 2.24) is 4.57 Å². The quantitative estimate of drug-likeness (QED) is 0.873. The summed E-state index contributed by atoms with van der Waals surface area (Å²) in [4.78, 5) is 11.2. The van der Waals surface area contributed by atoms with Crippen molar-refractivity contribution in [2.45, 2.75) is 19.9 Å². The normalized spacial score (nSPS) is 10.8. The summed E-state index contributed by atoms with van der Waals surface area (Å²) < 4.78 is 1.73. The molecule has 0 atom stereocenters. The number of carboxylic acids is 1. The Morgan fingerprint density at radius 2 is 1.78 bits per heavy atom. The van der Waals surface area contributed by atoms with Crippen molar-refractivity contribution in [3.8, 4) is 16.9 Å². The molecule has 2 N–H and O–H groups in total. The van der Waals surface area contributed by atoms with Gasteiger partial charge in [-0.05, 0) is 37.6 Å². The monoisotopic (exact) mass is 245 g/mol. The van der Waals surface area contributed by atoms with E-state index >= 15 is 0 Å². The highest BCUT2D eigenvalue weighted by Crippen LogP contribution is 2.26. The van der Waals surface area contributed by atoms with E-state index in [-0.39, 0.29) is 17.5 Å². The molecule has 0 saturated heterocycles. The largest absolute Gasteiger partial charge is 0.508 e. The minimum absolute atomic E-state index is 0.0852. The molecule has 1 aromatic carbocycles. The molecular weight excluding hydrogens is 230 g/mol. The lowest BCUT2D eigenvalue weighted by atomic mass is 10.1. The number of hydrogen-bond donors (Lipinski definition) is 2. The van der Waals surface area contributed by atoms with Gasteiger partial charge in [0.25, 0.3) is 0 Å². The van der Waals surface area contributed by atoms with Crippen molar-refractivity contribution in [1.29, 1.82) is 0 Å². The summed E-state index contributed by atoms with van der Waals surface area (Å²) >= 11 is 0. The van der Waals surface area contributed by atoms with Crippen molar-refractivity contribution >= 4 is 5.97 Å². The van der Waals surface area contributed by atoms with Gasteiger partial charge in [-0.2, -0.15) is 0 Å². The van der Waals surface area contributed by atoms with Gasteiger partial charge in [0.1, 0.15) is 11.4 Å². The first kappa shape index (κ1) is 12.2. The lowest BCUT2D eigenvalue weighted by molar-refractivity contribution is 0.0683. The van der Waals surface area contributed by atoms with E-state index in [0.717, 1.165) is 11.1 Å². The molecule has 4 nitrogen and oxygen atoms in total. The van der Waals surface area contributed by atoms with Crippen LogP contribution in [0, 0.1) is 0 Å². The lowest BCUT2D eigenvalue weighted by Crippen LogP contribution is -2.09. The van der Waals surface area contributed by atoms with E-state index in [0.29, 0.717) is 0 Å². The van der Waals surface area contributed by atoms with Crippen LogP contribution in [0.2, 0.25) is 0 Å². The predicted octanol–water partition coefficient (Wildman–Crippen LogP) is 3.14. The Morgan fingerprint density at radius 3 is 2.22 bits per heavy atom. The molecule has 0 saturated carbocycles. The third-order valence-corrected chi connectivity index (χ3v) is 2.82. The van der Waals surface area contributed by atoms with Crippen molar-refractivity contribution in [2.75, 3.05) is 0 Å². The molecule has 0 aliphatic rings. The Morgan fingerprint density at radius 1 is 1.17 bits per heavy atom. The molecule has 2 rings (SSSR count). The summed E-state index contributed by atoms with van der Waals surface area (Å²) in [5.74, 6) is -0.741. The van der Waals surface area contributed by atoms with E-state index in [1.54, 1.807) is 34.9 Å². The molecule has 1 aromatic heterocycles. The smallest absolute Gasteiger partial charge is 0.352 e. The van der Waals surface area contributed by atoms with Gasteiger partial charge in [0.2, 0.25) is 0 Å². The van der Waals surface area contributed by atoms with Crippen LogP contribution in [-0.2, 0) is 0 Å². The first-order valence-corrected chi connectivity index (χ1v) is 5.73. The van der Waals surface area contributed by atoms with Crippen molar-refractivity contribution in [3.63, 3.8) is 0 Å².